The molecule has 1 saturated carbocycles. The van der Waals surface area contributed by atoms with Gasteiger partial charge in [-0.3, -0.25) is 4.79 Å². The van der Waals surface area contributed by atoms with Crippen LogP contribution in [-0.4, -0.2) is 62.9 Å². The Morgan fingerprint density at radius 3 is 2.81 bits per heavy atom. The predicted octanol–water partition coefficient (Wildman–Crippen LogP) is 1.73. The van der Waals surface area contributed by atoms with Crippen molar-refractivity contribution in [3.63, 3.8) is 0 Å². The van der Waals surface area contributed by atoms with E-state index in [1.165, 1.54) is 4.90 Å². The number of aliphatic carboxylic acids is 1. The number of urea groups is 1. The molecule has 1 atom stereocenters. The van der Waals surface area contributed by atoms with Gasteiger partial charge in [0.25, 0.3) is 0 Å². The molecule has 0 bridgehead atoms. The van der Waals surface area contributed by atoms with Gasteiger partial charge >= 0.3 is 12.0 Å². The summed E-state index contributed by atoms with van der Waals surface area (Å²) >= 11 is 0. The molecule has 2 amide bonds. The second kappa shape index (κ2) is 7.60. The first kappa shape index (κ1) is 18.6. The number of carbonyl (C=O) groups is 2. The maximum Gasteiger partial charge on any atom is 0.321 e. The minimum absolute atomic E-state index is 0.100. The number of amides is 2. The quantitative estimate of drug-likeness (QED) is 0.756. The predicted molar refractivity (Wildman–Crippen MR) is 96.1 cm³/mol. The smallest absolute Gasteiger partial charge is 0.321 e. The molecular weight excluding hydrogens is 352 g/mol. The van der Waals surface area contributed by atoms with Crippen molar-refractivity contribution in [3.8, 4) is 11.4 Å². The fraction of sp³-hybridized carbons (Fsp3) is 0.471. The van der Waals surface area contributed by atoms with Crippen LogP contribution in [0, 0.1) is 5.92 Å². The lowest BCUT2D eigenvalue weighted by molar-refractivity contribution is -0.141. The van der Waals surface area contributed by atoms with E-state index in [0.29, 0.717) is 23.0 Å². The van der Waals surface area contributed by atoms with E-state index in [4.69, 9.17) is 9.84 Å². The lowest BCUT2D eigenvalue weighted by Gasteiger charge is -2.20. The fourth-order valence-corrected chi connectivity index (χ4v) is 2.69. The highest BCUT2D eigenvalue weighted by Gasteiger charge is 2.30. The van der Waals surface area contributed by atoms with Crippen LogP contribution in [0.3, 0.4) is 0 Å². The Morgan fingerprint density at radius 1 is 1.44 bits per heavy atom. The number of nitrogens with one attached hydrogen (secondary N) is 1. The molecule has 144 valence electrons. The number of nitrogens with zero attached hydrogens (tertiary/aromatic N) is 5. The number of hydrogen-bond donors (Lipinski definition) is 2. The van der Waals surface area contributed by atoms with Crippen molar-refractivity contribution < 1.29 is 19.4 Å². The molecule has 1 aliphatic rings. The number of carbonyl (C=O) groups excluding carboxylic acids is 1. The van der Waals surface area contributed by atoms with Gasteiger partial charge < -0.3 is 20.1 Å². The van der Waals surface area contributed by atoms with E-state index in [0.717, 1.165) is 18.7 Å². The first-order chi connectivity index (χ1) is 12.9. The van der Waals surface area contributed by atoms with Gasteiger partial charge in [-0.05, 0) is 41.5 Å². The Balaban J connectivity index is 1.80. The molecule has 1 unspecified atom stereocenters. The Labute approximate surface area is 156 Å². The van der Waals surface area contributed by atoms with E-state index in [9.17, 15) is 9.59 Å². The van der Waals surface area contributed by atoms with Gasteiger partial charge in [-0.15, -0.1) is 5.10 Å². The van der Waals surface area contributed by atoms with Gasteiger partial charge in [0.1, 0.15) is 11.4 Å². The molecule has 1 aliphatic carbocycles. The topological polar surface area (TPSA) is 122 Å². The average Bonchev–Trinajstić information content (AvgIpc) is 3.38. The number of ether oxygens (including phenoxy) is 1. The Morgan fingerprint density at radius 2 is 2.19 bits per heavy atom. The number of tetrazole rings is 1. The summed E-state index contributed by atoms with van der Waals surface area (Å²) in [6.07, 6.45) is 2.09. The molecule has 0 spiro atoms. The van der Waals surface area contributed by atoms with Crippen LogP contribution in [0.1, 0.15) is 31.5 Å². The highest BCUT2D eigenvalue weighted by molar-refractivity contribution is 5.90. The van der Waals surface area contributed by atoms with Gasteiger partial charge in [0.05, 0.1) is 13.0 Å². The van der Waals surface area contributed by atoms with Crippen LogP contribution in [0.25, 0.3) is 5.69 Å². The molecule has 1 fully saturated rings. The van der Waals surface area contributed by atoms with Crippen molar-refractivity contribution in [2.45, 2.75) is 25.7 Å². The van der Waals surface area contributed by atoms with Crippen molar-refractivity contribution in [3.05, 3.63) is 24.0 Å². The van der Waals surface area contributed by atoms with Gasteiger partial charge in [0.2, 0.25) is 0 Å². The third-order valence-electron chi connectivity index (χ3n) is 4.41. The lowest BCUT2D eigenvalue weighted by Crippen LogP contribution is -2.36. The average molecular weight is 374 g/mol. The van der Waals surface area contributed by atoms with E-state index in [1.54, 1.807) is 44.0 Å². The molecule has 1 aromatic heterocycles. The number of anilines is 1. The molecule has 0 aliphatic heterocycles. The zero-order valence-corrected chi connectivity index (χ0v) is 15.4. The first-order valence-corrected chi connectivity index (χ1v) is 8.62. The molecule has 10 heteroatoms. The third kappa shape index (κ3) is 4.15. The van der Waals surface area contributed by atoms with Crippen molar-refractivity contribution in [1.29, 1.82) is 0 Å². The Kier molecular flexibility index (Phi) is 5.24. The maximum atomic E-state index is 12.4. The van der Waals surface area contributed by atoms with E-state index in [-0.39, 0.29) is 6.54 Å². The summed E-state index contributed by atoms with van der Waals surface area (Å²) in [6.45, 7) is 1.65. The summed E-state index contributed by atoms with van der Waals surface area (Å²) in [7, 11) is 3.10. The van der Waals surface area contributed by atoms with Crippen LogP contribution < -0.4 is 10.1 Å². The summed E-state index contributed by atoms with van der Waals surface area (Å²) in [5, 5.41) is 23.7. The molecule has 3 rings (SSSR count). The Hall–Kier alpha value is -3.17. The van der Waals surface area contributed by atoms with Crippen molar-refractivity contribution in [2.75, 3.05) is 26.0 Å². The van der Waals surface area contributed by atoms with E-state index in [1.807, 2.05) is 0 Å². The second-order valence-corrected chi connectivity index (χ2v) is 6.66. The second-order valence-electron chi connectivity index (χ2n) is 6.66. The van der Waals surface area contributed by atoms with E-state index < -0.39 is 17.9 Å². The highest BCUT2D eigenvalue weighted by Crippen LogP contribution is 2.40. The molecule has 1 aromatic carbocycles. The van der Waals surface area contributed by atoms with Crippen molar-refractivity contribution in [1.82, 2.24) is 25.1 Å². The van der Waals surface area contributed by atoms with Gasteiger partial charge in [-0.2, -0.15) is 4.68 Å². The molecule has 2 N–H and O–H groups in total. The normalized spacial score (nSPS) is 14.5. The number of carboxylic acids is 1. The third-order valence-corrected chi connectivity index (χ3v) is 4.41. The number of aromatic nitrogens is 4. The van der Waals surface area contributed by atoms with Crippen LogP contribution in [0.4, 0.5) is 10.5 Å². The van der Waals surface area contributed by atoms with Crippen LogP contribution in [-0.2, 0) is 4.79 Å². The van der Waals surface area contributed by atoms with Crippen LogP contribution >= 0.6 is 0 Å². The zero-order valence-electron chi connectivity index (χ0n) is 15.4. The number of rotatable bonds is 7. The standard InChI is InChI=1S/C17H22N6O4/c1-10(16(24)25)9-22(2)17(26)18-12-6-7-14(27-3)13(8-12)23-15(11-4-5-11)19-20-21-23/h6-8,10-11H,4-5,9H2,1-3H3,(H,18,26)(H,24,25). The molecule has 0 saturated heterocycles. The van der Waals surface area contributed by atoms with Crippen molar-refractivity contribution in [2.24, 2.45) is 5.92 Å². The largest absolute Gasteiger partial charge is 0.494 e. The fourth-order valence-electron chi connectivity index (χ4n) is 2.69. The Bertz CT molecular complexity index is 848. The molecule has 10 nitrogen and oxygen atoms in total. The monoisotopic (exact) mass is 374 g/mol. The highest BCUT2D eigenvalue weighted by atomic mass is 16.5. The maximum absolute atomic E-state index is 12.4. The summed E-state index contributed by atoms with van der Waals surface area (Å²) in [4.78, 5) is 24.6. The van der Waals surface area contributed by atoms with Crippen LogP contribution in [0.15, 0.2) is 18.2 Å². The van der Waals surface area contributed by atoms with E-state index >= 15 is 0 Å². The summed E-state index contributed by atoms with van der Waals surface area (Å²) in [5.41, 5.74) is 1.16. The summed E-state index contributed by atoms with van der Waals surface area (Å²) in [5.74, 6) is 0.0768. The number of hydrogen-bond acceptors (Lipinski definition) is 6. The zero-order chi connectivity index (χ0) is 19.6. The molecule has 1 heterocycles. The van der Waals surface area contributed by atoms with Gasteiger partial charge in [-0.1, -0.05) is 6.92 Å². The summed E-state index contributed by atoms with van der Waals surface area (Å²) in [6, 6.07) is 4.75. The first-order valence-electron chi connectivity index (χ1n) is 8.62. The molecular formula is C17H22N6O4. The molecule has 2 aromatic rings. The summed E-state index contributed by atoms with van der Waals surface area (Å²) < 4.78 is 7.03. The number of benzene rings is 1. The van der Waals surface area contributed by atoms with Gasteiger partial charge in [0, 0.05) is 25.2 Å². The number of carboxylic acid groups (broad SMARTS) is 1. The lowest BCUT2D eigenvalue weighted by atomic mass is 10.2. The van der Waals surface area contributed by atoms with Crippen LogP contribution in [0.2, 0.25) is 0 Å². The van der Waals surface area contributed by atoms with E-state index in [2.05, 4.69) is 20.8 Å². The minimum Gasteiger partial charge on any atom is -0.494 e. The van der Waals surface area contributed by atoms with Crippen molar-refractivity contribution >= 4 is 17.7 Å². The molecule has 0 radical (unpaired) electrons. The van der Waals surface area contributed by atoms with Gasteiger partial charge in [-0.25, -0.2) is 4.79 Å². The number of methoxy groups -OCH3 is 1. The minimum atomic E-state index is -0.951. The van der Waals surface area contributed by atoms with Crippen LogP contribution in [0.5, 0.6) is 5.75 Å². The SMILES string of the molecule is COc1ccc(NC(=O)N(C)CC(C)C(=O)O)cc1-n1nnnc1C1CC1. The van der Waals surface area contributed by atoms with Gasteiger partial charge in [0.15, 0.2) is 5.82 Å². The molecule has 27 heavy (non-hydrogen) atoms.